The number of allylic oxidation sites excluding steroid dienone is 2. The molecule has 0 aromatic rings. The van der Waals surface area contributed by atoms with Gasteiger partial charge in [-0.2, -0.15) is 0 Å². The number of rotatable bonds is 49. The van der Waals surface area contributed by atoms with Gasteiger partial charge in [-0.3, -0.25) is 13.8 Å². The predicted molar refractivity (Wildman–Crippen MR) is 247 cm³/mol. The van der Waals surface area contributed by atoms with Crippen molar-refractivity contribution in [3.63, 3.8) is 0 Å². The Balaban J connectivity index is 3.21. The molecule has 0 rings (SSSR count). The van der Waals surface area contributed by atoms with E-state index in [9.17, 15) is 19.4 Å². The Hall–Kier alpha value is -0.760. The molecular formula is C49H98NO7P. The van der Waals surface area contributed by atoms with Crippen LogP contribution >= 0.6 is 7.82 Å². The molecule has 0 aliphatic carbocycles. The molecule has 346 valence electrons. The molecule has 0 aliphatic heterocycles. The molecular weight excluding hydrogens is 746 g/mol. The van der Waals surface area contributed by atoms with Gasteiger partial charge >= 0.3 is 13.8 Å². The van der Waals surface area contributed by atoms with Crippen molar-refractivity contribution in [1.82, 2.24) is 0 Å². The molecule has 58 heavy (non-hydrogen) atoms. The maximum Gasteiger partial charge on any atom is 0.472 e. The summed E-state index contributed by atoms with van der Waals surface area (Å²) in [5.41, 5.74) is 5.21. The highest BCUT2D eigenvalue weighted by Gasteiger charge is 2.22. The normalized spacial score (nSPS) is 13.4. The Kier molecular flexibility index (Phi) is 46.7. The Bertz CT molecular complexity index is 904. The van der Waals surface area contributed by atoms with Gasteiger partial charge in [-0.05, 0) is 32.1 Å². The van der Waals surface area contributed by atoms with Crippen LogP contribution in [0.4, 0.5) is 0 Å². The molecule has 0 aliphatic rings. The van der Waals surface area contributed by atoms with E-state index in [2.05, 4.69) is 28.1 Å². The number of phosphoric ester groups is 1. The Morgan fingerprint density at radius 1 is 0.500 bits per heavy atom. The molecule has 0 saturated heterocycles. The molecule has 0 aromatic carbocycles. The number of hydrogen-bond donors (Lipinski definition) is 3. The van der Waals surface area contributed by atoms with Crippen LogP contribution in [0.5, 0.6) is 0 Å². The van der Waals surface area contributed by atoms with E-state index in [1.54, 1.807) is 0 Å². The summed E-state index contributed by atoms with van der Waals surface area (Å²) in [6, 6.07) is 0. The summed E-state index contributed by atoms with van der Waals surface area (Å²) in [7, 11) is -4.25. The molecule has 0 amide bonds. The standard InChI is InChI=1S/C49H98NO7P/c1-2-3-4-5-6-7-8-9-10-11-12-13-14-15-16-17-18-19-20-21-22-23-24-25-26-27-28-29-30-31-32-33-34-35-36-37-38-39-40-41-42-43-49(52)55-46-48(51)47-57-58(53,54)56-45-44-50/h11-12,48,51H,2-10,13-47,50H2,1H3,(H,53,54)/b12-11-. The van der Waals surface area contributed by atoms with Crippen LogP contribution in [0.1, 0.15) is 264 Å². The highest BCUT2D eigenvalue weighted by Crippen LogP contribution is 2.42. The van der Waals surface area contributed by atoms with Gasteiger partial charge in [-0.25, -0.2) is 4.57 Å². The lowest BCUT2D eigenvalue weighted by Crippen LogP contribution is -2.23. The highest BCUT2D eigenvalue weighted by molar-refractivity contribution is 7.47. The lowest BCUT2D eigenvalue weighted by atomic mass is 10.0. The third kappa shape index (κ3) is 47.9. The van der Waals surface area contributed by atoms with Crippen molar-refractivity contribution in [2.24, 2.45) is 5.73 Å². The largest absolute Gasteiger partial charge is 0.472 e. The van der Waals surface area contributed by atoms with Crippen molar-refractivity contribution in [3.8, 4) is 0 Å². The third-order valence-electron chi connectivity index (χ3n) is 11.4. The van der Waals surface area contributed by atoms with E-state index >= 15 is 0 Å². The van der Waals surface area contributed by atoms with Gasteiger partial charge in [0, 0.05) is 13.0 Å². The molecule has 0 radical (unpaired) electrons. The van der Waals surface area contributed by atoms with Crippen molar-refractivity contribution in [2.75, 3.05) is 26.4 Å². The number of phosphoric acid groups is 1. The number of carbonyl (C=O) groups excluding carboxylic acids is 1. The summed E-state index contributed by atoms with van der Waals surface area (Å²) in [6.45, 7) is 1.49. The van der Waals surface area contributed by atoms with Crippen molar-refractivity contribution in [1.29, 1.82) is 0 Å². The first-order chi connectivity index (χ1) is 28.4. The van der Waals surface area contributed by atoms with E-state index in [0.29, 0.717) is 6.42 Å². The highest BCUT2D eigenvalue weighted by atomic mass is 31.2. The van der Waals surface area contributed by atoms with Crippen LogP contribution in [0.3, 0.4) is 0 Å². The van der Waals surface area contributed by atoms with Gasteiger partial charge in [0.15, 0.2) is 0 Å². The van der Waals surface area contributed by atoms with E-state index in [0.717, 1.165) is 19.3 Å². The van der Waals surface area contributed by atoms with E-state index in [-0.39, 0.29) is 25.7 Å². The third-order valence-corrected chi connectivity index (χ3v) is 12.4. The van der Waals surface area contributed by atoms with Crippen LogP contribution in [-0.4, -0.2) is 48.4 Å². The SMILES string of the molecule is CCCCCCCCCC/C=C\CCCCCCCCCCCCCCCCCCCCCCCCCCCCCCCC(=O)OCC(O)COP(=O)(O)OCCN. The Morgan fingerprint density at radius 2 is 0.810 bits per heavy atom. The molecule has 0 heterocycles. The lowest BCUT2D eigenvalue weighted by Gasteiger charge is -2.15. The van der Waals surface area contributed by atoms with Crippen molar-refractivity contribution in [2.45, 2.75) is 270 Å². The van der Waals surface area contributed by atoms with Crippen LogP contribution in [0, 0.1) is 0 Å². The van der Waals surface area contributed by atoms with Gasteiger partial charge in [-0.1, -0.05) is 237 Å². The van der Waals surface area contributed by atoms with Crippen molar-refractivity contribution < 1.29 is 33.1 Å². The van der Waals surface area contributed by atoms with Gasteiger partial charge in [0.05, 0.1) is 13.2 Å². The van der Waals surface area contributed by atoms with Gasteiger partial charge < -0.3 is 20.5 Å². The zero-order valence-electron chi connectivity index (χ0n) is 38.3. The Labute approximate surface area is 360 Å². The fraction of sp³-hybridized carbons (Fsp3) is 0.939. The van der Waals surface area contributed by atoms with Gasteiger partial charge in [-0.15, -0.1) is 0 Å². The molecule has 9 heteroatoms. The van der Waals surface area contributed by atoms with Gasteiger partial charge in [0.2, 0.25) is 0 Å². The number of aliphatic hydroxyl groups excluding tert-OH is 1. The maximum absolute atomic E-state index is 11.9. The molecule has 4 N–H and O–H groups in total. The number of carbonyl (C=O) groups is 1. The van der Waals surface area contributed by atoms with Crippen LogP contribution in [-0.2, 0) is 23.1 Å². The average molecular weight is 844 g/mol. The molecule has 0 saturated carbocycles. The zero-order chi connectivity index (χ0) is 42.3. The van der Waals surface area contributed by atoms with E-state index in [1.807, 2.05) is 0 Å². The molecule has 0 aromatic heterocycles. The predicted octanol–water partition coefficient (Wildman–Crippen LogP) is 15.2. The summed E-state index contributed by atoms with van der Waals surface area (Å²) in [5, 5.41) is 9.78. The topological polar surface area (TPSA) is 128 Å². The Morgan fingerprint density at radius 3 is 1.14 bits per heavy atom. The molecule has 0 bridgehead atoms. The number of hydrogen-bond acceptors (Lipinski definition) is 7. The second kappa shape index (κ2) is 47.3. The second-order valence-corrected chi connectivity index (χ2v) is 18.7. The monoisotopic (exact) mass is 844 g/mol. The molecule has 2 unspecified atom stereocenters. The maximum atomic E-state index is 11.9. The second-order valence-electron chi connectivity index (χ2n) is 17.2. The number of aliphatic hydroxyl groups is 1. The first-order valence-corrected chi connectivity index (χ1v) is 26.7. The zero-order valence-corrected chi connectivity index (χ0v) is 39.2. The summed E-state index contributed by atoms with van der Waals surface area (Å²) in [6.07, 6.45) is 57.4. The quantitative estimate of drug-likeness (QED) is 0.0239. The number of nitrogens with two attached hydrogens (primary N) is 1. The fourth-order valence-electron chi connectivity index (χ4n) is 7.63. The van der Waals surface area contributed by atoms with Gasteiger partial charge in [0.25, 0.3) is 0 Å². The minimum atomic E-state index is -4.25. The van der Waals surface area contributed by atoms with Crippen molar-refractivity contribution >= 4 is 13.8 Å². The smallest absolute Gasteiger partial charge is 0.463 e. The summed E-state index contributed by atoms with van der Waals surface area (Å²) < 4.78 is 25.8. The fourth-order valence-corrected chi connectivity index (χ4v) is 8.40. The summed E-state index contributed by atoms with van der Waals surface area (Å²) >= 11 is 0. The minimum Gasteiger partial charge on any atom is -0.463 e. The average Bonchev–Trinajstić information content (AvgIpc) is 3.22. The lowest BCUT2D eigenvalue weighted by molar-refractivity contribution is -0.147. The van der Waals surface area contributed by atoms with Crippen LogP contribution in [0.2, 0.25) is 0 Å². The minimum absolute atomic E-state index is 0.0767. The first-order valence-electron chi connectivity index (χ1n) is 25.2. The first kappa shape index (κ1) is 57.2. The molecule has 0 spiro atoms. The number of ether oxygens (including phenoxy) is 1. The van der Waals surface area contributed by atoms with Crippen LogP contribution < -0.4 is 5.73 Å². The summed E-state index contributed by atoms with van der Waals surface area (Å²) in [5.74, 6) is -0.378. The van der Waals surface area contributed by atoms with E-state index < -0.39 is 20.5 Å². The number of esters is 1. The van der Waals surface area contributed by atoms with Crippen LogP contribution in [0.25, 0.3) is 0 Å². The van der Waals surface area contributed by atoms with E-state index in [4.69, 9.17) is 10.5 Å². The number of unbranched alkanes of at least 4 members (excludes halogenated alkanes) is 37. The van der Waals surface area contributed by atoms with Crippen LogP contribution in [0.15, 0.2) is 12.2 Å². The van der Waals surface area contributed by atoms with Crippen molar-refractivity contribution in [3.05, 3.63) is 12.2 Å². The molecule has 0 fully saturated rings. The summed E-state index contributed by atoms with van der Waals surface area (Å²) in [4.78, 5) is 21.3. The van der Waals surface area contributed by atoms with E-state index in [1.165, 1.54) is 231 Å². The molecule has 2 atom stereocenters. The van der Waals surface area contributed by atoms with Gasteiger partial charge in [0.1, 0.15) is 12.7 Å². The molecule has 8 nitrogen and oxygen atoms in total.